The molecule has 20 heavy (non-hydrogen) atoms. The van der Waals surface area contributed by atoms with Gasteiger partial charge in [0.15, 0.2) is 0 Å². The summed E-state index contributed by atoms with van der Waals surface area (Å²) in [4.78, 5) is 2.58. The zero-order valence-electron chi connectivity index (χ0n) is 13.3. The van der Waals surface area contributed by atoms with Crippen LogP contribution in [0.2, 0.25) is 0 Å². The third-order valence-corrected chi connectivity index (χ3v) is 4.06. The van der Waals surface area contributed by atoms with Crippen molar-refractivity contribution in [3.63, 3.8) is 0 Å². The number of nitrogens with zero attached hydrogens (tertiary/aromatic N) is 1. The van der Waals surface area contributed by atoms with Crippen molar-refractivity contribution in [1.82, 2.24) is 10.2 Å². The molecule has 0 saturated carbocycles. The molecule has 2 rings (SSSR count). The van der Waals surface area contributed by atoms with Gasteiger partial charge in [-0.15, -0.1) is 0 Å². The highest BCUT2D eigenvalue weighted by atomic mass is 16.5. The smallest absolute Gasteiger partial charge is 0.119 e. The van der Waals surface area contributed by atoms with Gasteiger partial charge in [0.25, 0.3) is 0 Å². The quantitative estimate of drug-likeness (QED) is 0.837. The van der Waals surface area contributed by atoms with Gasteiger partial charge in [-0.1, -0.05) is 12.1 Å². The first-order valence-electron chi connectivity index (χ1n) is 7.65. The highest BCUT2D eigenvalue weighted by Gasteiger charge is 2.31. The normalized spacial score (nSPS) is 22.7. The van der Waals surface area contributed by atoms with E-state index in [9.17, 15) is 0 Å². The fourth-order valence-corrected chi connectivity index (χ4v) is 2.72. The number of nitrogens with one attached hydrogen (secondary N) is 1. The second-order valence-corrected chi connectivity index (χ2v) is 6.56. The number of hydrogen-bond acceptors (Lipinski definition) is 3. The van der Waals surface area contributed by atoms with Gasteiger partial charge >= 0.3 is 0 Å². The number of piperazine rings is 1. The van der Waals surface area contributed by atoms with Gasteiger partial charge in [-0.05, 0) is 51.8 Å². The van der Waals surface area contributed by atoms with Crippen molar-refractivity contribution in [1.29, 1.82) is 0 Å². The summed E-state index contributed by atoms with van der Waals surface area (Å²) in [6.45, 7) is 13.1. The number of hydrogen-bond donors (Lipinski definition) is 1. The molecule has 1 aliphatic heterocycles. The van der Waals surface area contributed by atoms with Crippen LogP contribution >= 0.6 is 0 Å². The summed E-state index contributed by atoms with van der Waals surface area (Å²) in [6.07, 6.45) is 1.07. The van der Waals surface area contributed by atoms with E-state index >= 15 is 0 Å². The van der Waals surface area contributed by atoms with Crippen LogP contribution < -0.4 is 10.1 Å². The summed E-state index contributed by atoms with van der Waals surface area (Å²) in [5.74, 6) is 0.984. The minimum Gasteiger partial charge on any atom is -0.494 e. The molecular formula is C17H28N2O. The molecule has 1 atom stereocenters. The van der Waals surface area contributed by atoms with E-state index in [-0.39, 0.29) is 5.54 Å². The number of aryl methyl sites for hydroxylation is 1. The maximum absolute atomic E-state index is 5.83. The number of benzene rings is 1. The SMILES string of the molecule is Cc1cccc(OCCCN2CC(C)NCC2(C)C)c1. The Balaban J connectivity index is 1.75. The molecule has 3 heteroatoms. The Bertz CT molecular complexity index is 431. The molecule has 0 aliphatic carbocycles. The van der Waals surface area contributed by atoms with Crippen molar-refractivity contribution in [2.24, 2.45) is 0 Å². The van der Waals surface area contributed by atoms with Crippen LogP contribution in [0.3, 0.4) is 0 Å². The standard InChI is InChI=1S/C17H28N2O/c1-14-7-5-8-16(11-14)20-10-6-9-19-12-15(2)18-13-17(19,3)4/h5,7-8,11,15,18H,6,9-10,12-13H2,1-4H3. The molecule has 112 valence electrons. The second-order valence-electron chi connectivity index (χ2n) is 6.56. The van der Waals surface area contributed by atoms with E-state index in [0.29, 0.717) is 6.04 Å². The minimum absolute atomic E-state index is 0.246. The van der Waals surface area contributed by atoms with E-state index in [1.165, 1.54) is 5.56 Å². The molecule has 1 aliphatic rings. The van der Waals surface area contributed by atoms with Gasteiger partial charge in [-0.25, -0.2) is 0 Å². The second kappa shape index (κ2) is 6.59. The van der Waals surface area contributed by atoms with E-state index < -0.39 is 0 Å². The van der Waals surface area contributed by atoms with Crippen LogP contribution in [-0.2, 0) is 0 Å². The fourth-order valence-electron chi connectivity index (χ4n) is 2.72. The Morgan fingerprint density at radius 3 is 2.95 bits per heavy atom. The molecular weight excluding hydrogens is 248 g/mol. The third kappa shape index (κ3) is 4.22. The Hall–Kier alpha value is -1.06. The molecule has 0 spiro atoms. The van der Waals surface area contributed by atoms with Gasteiger partial charge < -0.3 is 10.1 Å². The average molecular weight is 276 g/mol. The molecule has 1 N–H and O–H groups in total. The van der Waals surface area contributed by atoms with Gasteiger partial charge in [0, 0.05) is 31.2 Å². The predicted octanol–water partition coefficient (Wildman–Crippen LogP) is 2.84. The molecule has 1 heterocycles. The van der Waals surface area contributed by atoms with Gasteiger partial charge in [0.2, 0.25) is 0 Å². The van der Waals surface area contributed by atoms with E-state index in [0.717, 1.165) is 38.4 Å². The van der Waals surface area contributed by atoms with Gasteiger partial charge in [-0.2, -0.15) is 0 Å². The lowest BCUT2D eigenvalue weighted by atomic mass is 9.97. The van der Waals surface area contributed by atoms with E-state index in [1.807, 2.05) is 12.1 Å². The van der Waals surface area contributed by atoms with Crippen LogP contribution in [0, 0.1) is 6.92 Å². The van der Waals surface area contributed by atoms with Crippen LogP contribution in [0.25, 0.3) is 0 Å². The molecule has 0 amide bonds. The summed E-state index contributed by atoms with van der Waals surface area (Å²) in [7, 11) is 0. The first-order valence-corrected chi connectivity index (χ1v) is 7.65. The highest BCUT2D eigenvalue weighted by Crippen LogP contribution is 2.19. The van der Waals surface area contributed by atoms with Crippen LogP contribution in [0.1, 0.15) is 32.8 Å². The van der Waals surface area contributed by atoms with Crippen molar-refractivity contribution < 1.29 is 4.74 Å². The molecule has 0 bridgehead atoms. The lowest BCUT2D eigenvalue weighted by Crippen LogP contribution is -2.61. The largest absolute Gasteiger partial charge is 0.494 e. The van der Waals surface area contributed by atoms with Crippen LogP contribution in [0.5, 0.6) is 5.75 Å². The minimum atomic E-state index is 0.246. The fraction of sp³-hybridized carbons (Fsp3) is 0.647. The van der Waals surface area contributed by atoms with E-state index in [1.54, 1.807) is 0 Å². The summed E-state index contributed by atoms with van der Waals surface area (Å²) in [5.41, 5.74) is 1.50. The van der Waals surface area contributed by atoms with Crippen molar-refractivity contribution in [2.75, 3.05) is 26.2 Å². The highest BCUT2D eigenvalue weighted by molar-refractivity contribution is 5.27. The van der Waals surface area contributed by atoms with Gasteiger partial charge in [-0.3, -0.25) is 4.90 Å². The van der Waals surface area contributed by atoms with Crippen LogP contribution in [0.15, 0.2) is 24.3 Å². The summed E-state index contributed by atoms with van der Waals surface area (Å²) < 4.78 is 5.83. The topological polar surface area (TPSA) is 24.5 Å². The lowest BCUT2D eigenvalue weighted by molar-refractivity contribution is 0.0649. The summed E-state index contributed by atoms with van der Waals surface area (Å²) >= 11 is 0. The first kappa shape index (κ1) is 15.3. The van der Waals surface area contributed by atoms with Crippen LogP contribution in [-0.4, -0.2) is 42.7 Å². The van der Waals surface area contributed by atoms with E-state index in [2.05, 4.69) is 50.0 Å². The molecule has 0 radical (unpaired) electrons. The zero-order chi connectivity index (χ0) is 14.6. The average Bonchev–Trinajstić information content (AvgIpc) is 2.39. The zero-order valence-corrected chi connectivity index (χ0v) is 13.3. The summed E-state index contributed by atoms with van der Waals surface area (Å²) in [6, 6.07) is 8.85. The number of ether oxygens (including phenoxy) is 1. The molecule has 1 aromatic rings. The third-order valence-electron chi connectivity index (χ3n) is 4.06. The monoisotopic (exact) mass is 276 g/mol. The number of rotatable bonds is 5. The van der Waals surface area contributed by atoms with Crippen molar-refractivity contribution in [3.8, 4) is 5.75 Å². The van der Waals surface area contributed by atoms with Gasteiger partial charge in [0.1, 0.15) is 5.75 Å². The molecule has 1 unspecified atom stereocenters. The molecule has 1 aromatic carbocycles. The summed E-state index contributed by atoms with van der Waals surface area (Å²) in [5, 5.41) is 3.55. The van der Waals surface area contributed by atoms with Crippen molar-refractivity contribution in [3.05, 3.63) is 29.8 Å². The lowest BCUT2D eigenvalue weighted by Gasteiger charge is -2.45. The Labute approximate surface area is 123 Å². The predicted molar refractivity (Wildman–Crippen MR) is 84.4 cm³/mol. The Morgan fingerprint density at radius 2 is 2.20 bits per heavy atom. The molecule has 3 nitrogen and oxygen atoms in total. The van der Waals surface area contributed by atoms with Crippen LogP contribution in [0.4, 0.5) is 0 Å². The molecule has 1 fully saturated rings. The van der Waals surface area contributed by atoms with Crippen molar-refractivity contribution in [2.45, 2.75) is 45.7 Å². The Morgan fingerprint density at radius 1 is 1.40 bits per heavy atom. The maximum Gasteiger partial charge on any atom is 0.119 e. The van der Waals surface area contributed by atoms with Crippen molar-refractivity contribution >= 4 is 0 Å². The molecule has 0 aromatic heterocycles. The Kier molecular flexibility index (Phi) is 5.06. The maximum atomic E-state index is 5.83. The van der Waals surface area contributed by atoms with E-state index in [4.69, 9.17) is 4.74 Å². The van der Waals surface area contributed by atoms with Gasteiger partial charge in [0.05, 0.1) is 6.61 Å². The first-order chi connectivity index (χ1) is 9.47. The molecule has 1 saturated heterocycles.